The van der Waals surface area contributed by atoms with Crippen LogP contribution >= 0.6 is 0 Å². The molecule has 0 aromatic carbocycles. The van der Waals surface area contributed by atoms with E-state index in [1.165, 1.54) is 7.11 Å². The van der Waals surface area contributed by atoms with Gasteiger partial charge in [0.25, 0.3) is 0 Å². The van der Waals surface area contributed by atoms with Crippen molar-refractivity contribution in [2.24, 2.45) is 11.3 Å². The summed E-state index contributed by atoms with van der Waals surface area (Å²) in [7, 11) is 1.54. The fraction of sp³-hybridized carbons (Fsp3) is 0.864. The maximum atomic E-state index is 13.5. The van der Waals surface area contributed by atoms with Gasteiger partial charge in [-0.3, -0.25) is 9.59 Å². The van der Waals surface area contributed by atoms with E-state index in [2.05, 4.69) is 5.32 Å². The second-order valence-corrected chi connectivity index (χ2v) is 8.81. The van der Waals surface area contributed by atoms with E-state index in [9.17, 15) is 24.6 Å². The predicted molar refractivity (Wildman–Crippen MR) is 112 cm³/mol. The number of hydrogen-bond donors (Lipinski definition) is 3. The third-order valence-corrected chi connectivity index (χ3v) is 6.65. The molecule has 0 heterocycles. The Balaban J connectivity index is 2.15. The third kappa shape index (κ3) is 6.63. The van der Waals surface area contributed by atoms with Crippen LogP contribution in [0.15, 0.2) is 0 Å². The SMILES string of the molecule is CCO[C@H]1CCC[C@](NC(=O)C2(CC(COCCOC)C(=O)O)CCCC2)(C(=O)O)C1. The quantitative estimate of drug-likeness (QED) is 0.369. The zero-order valence-corrected chi connectivity index (χ0v) is 18.7. The van der Waals surface area contributed by atoms with Crippen molar-refractivity contribution in [1.29, 1.82) is 0 Å². The van der Waals surface area contributed by atoms with E-state index in [1.54, 1.807) is 0 Å². The van der Waals surface area contributed by atoms with Crippen molar-refractivity contribution in [2.45, 2.75) is 76.4 Å². The molecule has 2 aliphatic rings. The van der Waals surface area contributed by atoms with E-state index < -0.39 is 28.8 Å². The van der Waals surface area contributed by atoms with E-state index >= 15 is 0 Å². The molecule has 9 heteroatoms. The van der Waals surface area contributed by atoms with E-state index in [0.29, 0.717) is 38.9 Å². The van der Waals surface area contributed by atoms with Crippen LogP contribution in [0.5, 0.6) is 0 Å². The molecule has 31 heavy (non-hydrogen) atoms. The molecular weight excluding hydrogens is 406 g/mol. The highest BCUT2D eigenvalue weighted by Gasteiger charge is 2.50. The molecule has 2 aliphatic carbocycles. The highest BCUT2D eigenvalue weighted by Crippen LogP contribution is 2.45. The molecule has 0 spiro atoms. The van der Waals surface area contributed by atoms with Crippen LogP contribution in [-0.2, 0) is 28.6 Å². The predicted octanol–water partition coefficient (Wildman–Crippen LogP) is 2.22. The number of ether oxygens (including phenoxy) is 3. The Morgan fingerprint density at radius 3 is 2.39 bits per heavy atom. The molecule has 2 saturated carbocycles. The molecule has 0 aromatic heterocycles. The molecule has 2 fully saturated rings. The second-order valence-electron chi connectivity index (χ2n) is 8.81. The van der Waals surface area contributed by atoms with Gasteiger partial charge >= 0.3 is 11.9 Å². The third-order valence-electron chi connectivity index (χ3n) is 6.65. The summed E-state index contributed by atoms with van der Waals surface area (Å²) in [5.41, 5.74) is -2.27. The van der Waals surface area contributed by atoms with Gasteiger partial charge in [0, 0.05) is 20.1 Å². The Bertz CT molecular complexity index is 617. The Labute approximate surface area is 183 Å². The van der Waals surface area contributed by atoms with Crippen molar-refractivity contribution < 1.29 is 38.8 Å². The van der Waals surface area contributed by atoms with Crippen molar-refractivity contribution >= 4 is 17.8 Å². The van der Waals surface area contributed by atoms with Crippen molar-refractivity contribution in [2.75, 3.05) is 33.5 Å². The van der Waals surface area contributed by atoms with Gasteiger partial charge in [-0.2, -0.15) is 0 Å². The molecule has 0 bridgehead atoms. The Morgan fingerprint density at radius 2 is 1.81 bits per heavy atom. The van der Waals surface area contributed by atoms with Crippen LogP contribution in [0.4, 0.5) is 0 Å². The minimum absolute atomic E-state index is 0.00971. The van der Waals surface area contributed by atoms with Crippen molar-refractivity contribution in [3.05, 3.63) is 0 Å². The summed E-state index contributed by atoms with van der Waals surface area (Å²) in [5, 5.41) is 22.5. The van der Waals surface area contributed by atoms with Gasteiger partial charge in [-0.1, -0.05) is 12.8 Å². The second kappa shape index (κ2) is 11.8. The maximum Gasteiger partial charge on any atom is 0.329 e. The number of hydrogen-bond acceptors (Lipinski definition) is 6. The fourth-order valence-electron chi connectivity index (χ4n) is 4.95. The average Bonchev–Trinajstić information content (AvgIpc) is 3.20. The molecular formula is C22H37NO8. The van der Waals surface area contributed by atoms with E-state index in [1.807, 2.05) is 6.92 Å². The standard InChI is InChI=1S/C22H37NO8/c1-3-31-17-7-6-10-22(14-17,20(27)28)23-19(26)21(8-4-5-9-21)13-16(18(24)25)15-30-12-11-29-2/h16-17H,3-15H2,1-2H3,(H,23,26)(H,24,25)(H,27,28)/t16?,17-,22+/m0/s1. The van der Waals surface area contributed by atoms with Gasteiger partial charge in [-0.25, -0.2) is 4.79 Å². The summed E-state index contributed by atoms with van der Waals surface area (Å²) in [4.78, 5) is 37.5. The van der Waals surface area contributed by atoms with Gasteiger partial charge in [0.15, 0.2) is 0 Å². The van der Waals surface area contributed by atoms with Crippen LogP contribution in [0.3, 0.4) is 0 Å². The molecule has 3 N–H and O–H groups in total. The smallest absolute Gasteiger partial charge is 0.329 e. The number of methoxy groups -OCH3 is 1. The summed E-state index contributed by atoms with van der Waals surface area (Å²) in [6.07, 6.45) is 4.62. The normalized spacial score (nSPS) is 26.3. The number of carbonyl (C=O) groups is 3. The average molecular weight is 444 g/mol. The lowest BCUT2D eigenvalue weighted by Crippen LogP contribution is -2.61. The lowest BCUT2D eigenvalue weighted by molar-refractivity contribution is -0.155. The monoisotopic (exact) mass is 443 g/mol. The van der Waals surface area contributed by atoms with Gasteiger partial charge in [-0.15, -0.1) is 0 Å². The van der Waals surface area contributed by atoms with Crippen LogP contribution in [0.1, 0.15) is 64.7 Å². The summed E-state index contributed by atoms with van der Waals surface area (Å²) in [6.45, 7) is 2.98. The van der Waals surface area contributed by atoms with Crippen molar-refractivity contribution in [1.82, 2.24) is 5.32 Å². The molecule has 178 valence electrons. The fourth-order valence-corrected chi connectivity index (χ4v) is 4.95. The van der Waals surface area contributed by atoms with Crippen molar-refractivity contribution in [3.63, 3.8) is 0 Å². The van der Waals surface area contributed by atoms with Gasteiger partial charge in [-0.05, 0) is 45.4 Å². The topological polar surface area (TPSA) is 131 Å². The number of carboxylic acids is 2. The highest BCUT2D eigenvalue weighted by molar-refractivity contribution is 5.90. The first kappa shape index (κ1) is 25.5. The minimum atomic E-state index is -1.38. The lowest BCUT2D eigenvalue weighted by Gasteiger charge is -2.41. The number of nitrogens with one attached hydrogen (secondary N) is 1. The van der Waals surface area contributed by atoms with Crippen LogP contribution in [-0.4, -0.2) is 73.2 Å². The van der Waals surface area contributed by atoms with Crippen LogP contribution in [0, 0.1) is 11.3 Å². The zero-order chi connectivity index (χ0) is 22.9. The Kier molecular flexibility index (Phi) is 9.71. The van der Waals surface area contributed by atoms with Gasteiger partial charge in [0.2, 0.25) is 5.91 Å². The Morgan fingerprint density at radius 1 is 1.10 bits per heavy atom. The first-order valence-corrected chi connectivity index (χ1v) is 11.3. The van der Waals surface area contributed by atoms with Gasteiger partial charge in [0.05, 0.1) is 37.3 Å². The van der Waals surface area contributed by atoms with Crippen LogP contribution in [0.2, 0.25) is 0 Å². The van der Waals surface area contributed by atoms with E-state index in [0.717, 1.165) is 19.3 Å². The number of rotatable bonds is 13. The number of carboxylic acid groups (broad SMARTS) is 2. The summed E-state index contributed by atoms with van der Waals surface area (Å²) in [5.74, 6) is -3.27. The first-order chi connectivity index (χ1) is 14.8. The molecule has 0 radical (unpaired) electrons. The lowest BCUT2D eigenvalue weighted by atomic mass is 9.74. The van der Waals surface area contributed by atoms with Crippen LogP contribution < -0.4 is 5.32 Å². The summed E-state index contributed by atoms with van der Waals surface area (Å²) in [6, 6.07) is 0. The zero-order valence-electron chi connectivity index (χ0n) is 18.7. The van der Waals surface area contributed by atoms with Gasteiger partial charge < -0.3 is 29.7 Å². The molecule has 9 nitrogen and oxygen atoms in total. The molecule has 0 aliphatic heterocycles. The van der Waals surface area contributed by atoms with Crippen LogP contribution in [0.25, 0.3) is 0 Å². The molecule has 1 amide bonds. The molecule has 3 atom stereocenters. The summed E-state index contributed by atoms with van der Waals surface area (Å²) < 4.78 is 16.0. The number of carbonyl (C=O) groups excluding carboxylic acids is 1. The van der Waals surface area contributed by atoms with Crippen molar-refractivity contribution in [3.8, 4) is 0 Å². The highest BCUT2D eigenvalue weighted by atomic mass is 16.5. The largest absolute Gasteiger partial charge is 0.481 e. The molecule has 1 unspecified atom stereocenters. The van der Waals surface area contributed by atoms with E-state index in [4.69, 9.17) is 14.2 Å². The molecule has 0 aromatic rings. The van der Waals surface area contributed by atoms with Gasteiger partial charge in [0.1, 0.15) is 5.54 Å². The summed E-state index contributed by atoms with van der Waals surface area (Å²) >= 11 is 0. The first-order valence-electron chi connectivity index (χ1n) is 11.3. The maximum absolute atomic E-state index is 13.5. The number of amides is 1. The number of aliphatic carboxylic acids is 2. The minimum Gasteiger partial charge on any atom is -0.481 e. The van der Waals surface area contributed by atoms with E-state index in [-0.39, 0.29) is 38.1 Å². The molecule has 0 saturated heterocycles. The molecule has 2 rings (SSSR count). The Hall–Kier alpha value is -1.71.